The first-order valence-corrected chi connectivity index (χ1v) is 9.02. The van der Waals surface area contributed by atoms with Crippen LogP contribution in [0.3, 0.4) is 0 Å². The van der Waals surface area contributed by atoms with Crippen molar-refractivity contribution >= 4 is 5.91 Å². The molecule has 0 aromatic heterocycles. The van der Waals surface area contributed by atoms with Gasteiger partial charge in [-0.15, -0.1) is 0 Å². The third-order valence-electron chi connectivity index (χ3n) is 5.05. The van der Waals surface area contributed by atoms with Gasteiger partial charge in [0.15, 0.2) is 0 Å². The van der Waals surface area contributed by atoms with Crippen molar-refractivity contribution in [3.63, 3.8) is 0 Å². The molecule has 0 saturated carbocycles. The second-order valence-corrected chi connectivity index (χ2v) is 6.76. The number of benzene rings is 1. The molecule has 1 amide bonds. The van der Waals surface area contributed by atoms with Crippen LogP contribution in [0.15, 0.2) is 18.2 Å². The number of likely N-dealkylation sites (tertiary alicyclic amines) is 1. The van der Waals surface area contributed by atoms with Gasteiger partial charge in [-0.3, -0.25) is 4.79 Å². The van der Waals surface area contributed by atoms with Crippen LogP contribution in [0.4, 0.5) is 0 Å². The van der Waals surface area contributed by atoms with Gasteiger partial charge in [0.05, 0.1) is 6.61 Å². The van der Waals surface area contributed by atoms with Crippen LogP contribution in [0.1, 0.15) is 54.9 Å². The summed E-state index contributed by atoms with van der Waals surface area (Å²) in [5.41, 5.74) is 1.90. The lowest BCUT2D eigenvalue weighted by atomic mass is 10.0. The van der Waals surface area contributed by atoms with Crippen LogP contribution in [-0.4, -0.2) is 43.1 Å². The number of carbonyl (C=O) groups is 1. The van der Waals surface area contributed by atoms with Gasteiger partial charge in [-0.2, -0.15) is 0 Å². The molecule has 1 atom stereocenters. The summed E-state index contributed by atoms with van der Waals surface area (Å²) in [6.07, 6.45) is 7.15. The average molecular weight is 316 g/mol. The van der Waals surface area contributed by atoms with E-state index in [0.717, 1.165) is 61.9 Å². The highest BCUT2D eigenvalue weighted by molar-refractivity contribution is 5.94. The van der Waals surface area contributed by atoms with Crippen molar-refractivity contribution in [1.82, 2.24) is 10.2 Å². The first-order valence-electron chi connectivity index (χ1n) is 9.02. The van der Waals surface area contributed by atoms with Gasteiger partial charge in [0.1, 0.15) is 5.75 Å². The molecule has 0 unspecified atom stereocenters. The van der Waals surface area contributed by atoms with E-state index in [1.54, 1.807) is 0 Å². The molecule has 0 bridgehead atoms. The summed E-state index contributed by atoms with van der Waals surface area (Å²) in [5.74, 6) is 0.961. The Morgan fingerprint density at radius 3 is 3.13 bits per heavy atom. The molecule has 126 valence electrons. The molecule has 2 aliphatic rings. The molecule has 1 N–H and O–H groups in total. The number of nitrogens with zero attached hydrogens (tertiary/aromatic N) is 1. The molecule has 3 rings (SSSR count). The Bertz CT molecular complexity index is 544. The van der Waals surface area contributed by atoms with E-state index >= 15 is 0 Å². The molecular weight excluding hydrogens is 288 g/mol. The molecule has 0 spiro atoms. The molecule has 4 nitrogen and oxygen atoms in total. The van der Waals surface area contributed by atoms with Gasteiger partial charge in [-0.05, 0) is 69.5 Å². The summed E-state index contributed by atoms with van der Waals surface area (Å²) in [6, 6.07) is 6.46. The number of rotatable bonds is 6. The van der Waals surface area contributed by atoms with Crippen LogP contribution in [0.2, 0.25) is 0 Å². The monoisotopic (exact) mass is 316 g/mol. The highest BCUT2D eigenvalue weighted by Gasteiger charge is 2.17. The smallest absolute Gasteiger partial charge is 0.251 e. The van der Waals surface area contributed by atoms with Crippen molar-refractivity contribution in [1.29, 1.82) is 0 Å². The number of amides is 1. The highest BCUT2D eigenvalue weighted by atomic mass is 16.5. The molecule has 23 heavy (non-hydrogen) atoms. The third kappa shape index (κ3) is 4.25. The molecule has 0 radical (unpaired) electrons. The Labute approximate surface area is 139 Å². The van der Waals surface area contributed by atoms with Crippen molar-refractivity contribution in [2.75, 3.05) is 26.2 Å². The van der Waals surface area contributed by atoms with Gasteiger partial charge < -0.3 is 15.0 Å². The minimum Gasteiger partial charge on any atom is -0.493 e. The summed E-state index contributed by atoms with van der Waals surface area (Å²) in [6.45, 7) is 6.22. The Hall–Kier alpha value is -1.55. The predicted octanol–water partition coefficient (Wildman–Crippen LogP) is 3.01. The standard InChI is InChI=1S/C19H28N2O2/c1-15-6-2-4-11-21(15)12-5-3-10-20-19(22)17-7-8-18-16(14-17)9-13-23-18/h7-8,14-15H,2-6,9-13H2,1H3,(H,20,22)/t15-/m1/s1. The zero-order valence-corrected chi connectivity index (χ0v) is 14.1. The molecule has 2 heterocycles. The van der Waals surface area contributed by atoms with E-state index in [1.165, 1.54) is 25.8 Å². The number of nitrogens with one attached hydrogen (secondary N) is 1. The summed E-state index contributed by atoms with van der Waals surface area (Å²) in [5, 5.41) is 3.04. The van der Waals surface area contributed by atoms with Crippen molar-refractivity contribution in [2.24, 2.45) is 0 Å². The highest BCUT2D eigenvalue weighted by Crippen LogP contribution is 2.25. The molecule has 1 fully saturated rings. The zero-order valence-electron chi connectivity index (χ0n) is 14.1. The molecule has 1 aromatic rings. The average Bonchev–Trinajstić information content (AvgIpc) is 3.03. The molecule has 1 saturated heterocycles. The SMILES string of the molecule is C[C@@H]1CCCCN1CCCCNC(=O)c1ccc2c(c1)CCO2. The molecule has 4 heteroatoms. The lowest BCUT2D eigenvalue weighted by Gasteiger charge is -2.33. The van der Waals surface area contributed by atoms with Gasteiger partial charge in [0.25, 0.3) is 5.91 Å². The summed E-state index contributed by atoms with van der Waals surface area (Å²) < 4.78 is 5.48. The summed E-state index contributed by atoms with van der Waals surface area (Å²) in [4.78, 5) is 14.8. The molecule has 2 aliphatic heterocycles. The van der Waals surface area contributed by atoms with Crippen molar-refractivity contribution in [3.05, 3.63) is 29.3 Å². The zero-order chi connectivity index (χ0) is 16.1. The van der Waals surface area contributed by atoms with E-state index < -0.39 is 0 Å². The van der Waals surface area contributed by atoms with Crippen LogP contribution in [0.5, 0.6) is 5.75 Å². The summed E-state index contributed by atoms with van der Waals surface area (Å²) >= 11 is 0. The Balaban J connectivity index is 1.36. The van der Waals surface area contributed by atoms with Crippen molar-refractivity contribution < 1.29 is 9.53 Å². The van der Waals surface area contributed by atoms with Gasteiger partial charge >= 0.3 is 0 Å². The number of fused-ring (bicyclic) bond motifs is 1. The Morgan fingerprint density at radius 1 is 1.35 bits per heavy atom. The maximum atomic E-state index is 12.2. The van der Waals surface area contributed by atoms with Gasteiger partial charge in [-0.25, -0.2) is 0 Å². The number of ether oxygens (including phenoxy) is 1. The molecule has 0 aliphatic carbocycles. The second-order valence-electron chi connectivity index (χ2n) is 6.76. The normalized spacial score (nSPS) is 20.8. The fourth-order valence-electron chi connectivity index (χ4n) is 3.56. The lowest BCUT2D eigenvalue weighted by molar-refractivity contribution is 0.0951. The van der Waals surface area contributed by atoms with E-state index in [0.29, 0.717) is 0 Å². The van der Waals surface area contributed by atoms with Crippen LogP contribution in [0.25, 0.3) is 0 Å². The maximum Gasteiger partial charge on any atom is 0.251 e. The fourth-order valence-corrected chi connectivity index (χ4v) is 3.56. The topological polar surface area (TPSA) is 41.6 Å². The third-order valence-corrected chi connectivity index (χ3v) is 5.05. The first-order chi connectivity index (χ1) is 11.2. The summed E-state index contributed by atoms with van der Waals surface area (Å²) in [7, 11) is 0. The van der Waals surface area contributed by atoms with Crippen molar-refractivity contribution in [2.45, 2.75) is 51.5 Å². The van der Waals surface area contributed by atoms with Gasteiger partial charge in [0, 0.05) is 24.6 Å². The van der Waals surface area contributed by atoms with Gasteiger partial charge in [0.2, 0.25) is 0 Å². The van der Waals surface area contributed by atoms with Crippen molar-refractivity contribution in [3.8, 4) is 5.75 Å². The number of piperidine rings is 1. The lowest BCUT2D eigenvalue weighted by Crippen LogP contribution is -2.38. The molecular formula is C19H28N2O2. The Morgan fingerprint density at radius 2 is 2.26 bits per heavy atom. The number of hydrogen-bond donors (Lipinski definition) is 1. The molecule has 1 aromatic carbocycles. The second kappa shape index (κ2) is 7.82. The number of carbonyl (C=O) groups excluding carboxylic acids is 1. The predicted molar refractivity (Wildman–Crippen MR) is 92.1 cm³/mol. The fraction of sp³-hybridized carbons (Fsp3) is 0.632. The van der Waals surface area contributed by atoms with Crippen LogP contribution < -0.4 is 10.1 Å². The largest absolute Gasteiger partial charge is 0.493 e. The van der Waals surface area contributed by atoms with Crippen LogP contribution in [-0.2, 0) is 6.42 Å². The maximum absolute atomic E-state index is 12.2. The minimum atomic E-state index is 0.0334. The van der Waals surface area contributed by atoms with E-state index in [-0.39, 0.29) is 5.91 Å². The van der Waals surface area contributed by atoms with Crippen LogP contribution in [0, 0.1) is 0 Å². The van der Waals surface area contributed by atoms with Crippen LogP contribution >= 0.6 is 0 Å². The minimum absolute atomic E-state index is 0.0334. The quantitative estimate of drug-likeness (QED) is 0.820. The first kappa shape index (κ1) is 16.3. The Kier molecular flexibility index (Phi) is 5.55. The van der Waals surface area contributed by atoms with E-state index in [2.05, 4.69) is 17.1 Å². The van der Waals surface area contributed by atoms with E-state index in [9.17, 15) is 4.79 Å². The van der Waals surface area contributed by atoms with Gasteiger partial charge in [-0.1, -0.05) is 6.42 Å². The number of unbranched alkanes of at least 4 members (excludes halogenated alkanes) is 1. The van der Waals surface area contributed by atoms with E-state index in [1.807, 2.05) is 18.2 Å². The number of hydrogen-bond acceptors (Lipinski definition) is 3. The van der Waals surface area contributed by atoms with E-state index in [4.69, 9.17) is 4.74 Å².